The van der Waals surface area contributed by atoms with Crippen molar-refractivity contribution in [2.75, 3.05) is 119 Å². The van der Waals surface area contributed by atoms with Crippen LogP contribution in [0.15, 0.2) is 58.3 Å². The second kappa shape index (κ2) is 27.5. The fourth-order valence-electron chi connectivity index (χ4n) is 11.0. The Labute approximate surface area is 450 Å². The molecule has 7 N–H and O–H groups in total. The monoisotopic (exact) mass is 1100 g/mol. The summed E-state index contributed by atoms with van der Waals surface area (Å²) in [6.45, 7) is 15.4. The van der Waals surface area contributed by atoms with Crippen molar-refractivity contribution in [3.8, 4) is 5.75 Å². The van der Waals surface area contributed by atoms with Crippen molar-refractivity contribution >= 4 is 43.7 Å². The first kappa shape index (κ1) is 58.6. The van der Waals surface area contributed by atoms with Gasteiger partial charge in [0.1, 0.15) is 11.9 Å². The summed E-state index contributed by atoms with van der Waals surface area (Å²) in [5.41, 5.74) is 6.05. The molecule has 0 radical (unpaired) electrons. The van der Waals surface area contributed by atoms with E-state index in [2.05, 4.69) is 66.6 Å². The number of hydrogen-bond donors (Lipinski definition) is 6. The molecular weight excluding hydrogens is 1020 g/mol. The highest BCUT2D eigenvalue weighted by molar-refractivity contribution is 7.89. The first-order valence-corrected chi connectivity index (χ1v) is 30.0. The molecule has 0 unspecified atom stereocenters. The number of likely N-dealkylation sites (N-methyl/N-ethyl adjacent to an activating group) is 1. The Balaban J connectivity index is 0.700. The zero-order valence-electron chi connectivity index (χ0n) is 44.5. The van der Waals surface area contributed by atoms with Gasteiger partial charge in [-0.1, -0.05) is 23.7 Å². The molecule has 3 heterocycles. The number of hydrogen-bond acceptors (Lipinski definition) is 13. The van der Waals surface area contributed by atoms with Crippen LogP contribution in [0.2, 0.25) is 5.02 Å². The van der Waals surface area contributed by atoms with Crippen LogP contribution in [-0.4, -0.2) is 186 Å². The molecule has 1 aliphatic carbocycles. The summed E-state index contributed by atoms with van der Waals surface area (Å²) in [5.74, 6) is 0.753. The SMILES string of the molecule is Cc1cc(S(=O)(=O)N[C@H]2CCN(CCOCCNC(=O)NCCCCNC(=O)NCCOCCN3CC[C@@H](c4c(C)cccc4S(N)(=O)=O)C3)C2)ccc1O[C@H]1c2cc(Cl)cc(C)c2C[C@@H]1N1CCC[C@@H](N(C)C)C1. The summed E-state index contributed by atoms with van der Waals surface area (Å²) in [5, 5.41) is 17.4. The Hall–Kier alpha value is -4.13. The van der Waals surface area contributed by atoms with E-state index in [1.165, 1.54) is 17.5 Å². The lowest BCUT2D eigenvalue weighted by atomic mass is 9.94. The quantitative estimate of drug-likeness (QED) is 0.0620. The molecule has 3 aromatic carbocycles. The van der Waals surface area contributed by atoms with E-state index in [1.807, 2.05) is 32.0 Å². The highest BCUT2D eigenvalue weighted by Gasteiger charge is 2.41. The van der Waals surface area contributed by atoms with Crippen LogP contribution in [0.25, 0.3) is 0 Å². The Morgan fingerprint density at radius 3 is 2.05 bits per heavy atom. The Morgan fingerprint density at radius 2 is 1.40 bits per heavy atom. The number of fused-ring (bicyclic) bond motifs is 1. The number of rotatable bonds is 26. The Bertz CT molecular complexity index is 2630. The molecule has 0 spiro atoms. The largest absolute Gasteiger partial charge is 0.484 e. The minimum Gasteiger partial charge on any atom is -0.484 e. The molecule has 3 saturated heterocycles. The van der Waals surface area contributed by atoms with Gasteiger partial charge in [-0.2, -0.15) is 0 Å². The number of amides is 4. The lowest BCUT2D eigenvalue weighted by Crippen LogP contribution is -2.51. The van der Waals surface area contributed by atoms with Crippen LogP contribution in [0.5, 0.6) is 5.75 Å². The minimum atomic E-state index is -3.80. The molecule has 75 heavy (non-hydrogen) atoms. The molecule has 3 aromatic rings. The molecule has 22 heteroatoms. The highest BCUT2D eigenvalue weighted by atomic mass is 35.5. The lowest BCUT2D eigenvalue weighted by molar-refractivity contribution is 0.0377. The molecule has 4 amide bonds. The topological polar surface area (TPSA) is 229 Å². The average molecular weight is 1100 g/mol. The number of nitrogens with two attached hydrogens (primary N) is 1. The predicted octanol–water partition coefficient (Wildman–Crippen LogP) is 4.24. The van der Waals surface area contributed by atoms with Crippen LogP contribution >= 0.6 is 11.6 Å². The maximum atomic E-state index is 13.7. The molecule has 3 fully saturated rings. The van der Waals surface area contributed by atoms with Crippen LogP contribution < -0.4 is 35.9 Å². The Kier molecular flexibility index (Phi) is 21.4. The number of urea groups is 2. The third-order valence-corrected chi connectivity index (χ3v) is 17.8. The second-order valence-electron chi connectivity index (χ2n) is 20.8. The number of ether oxygens (including phenoxy) is 3. The fourth-order valence-corrected chi connectivity index (χ4v) is 13.6. The first-order chi connectivity index (χ1) is 35.9. The lowest BCUT2D eigenvalue weighted by Gasteiger charge is -2.41. The van der Waals surface area contributed by atoms with Gasteiger partial charge in [0.25, 0.3) is 0 Å². The molecule has 7 rings (SSSR count). The van der Waals surface area contributed by atoms with Crippen LogP contribution in [0.4, 0.5) is 9.59 Å². The third-order valence-electron chi connectivity index (χ3n) is 15.1. The van der Waals surface area contributed by atoms with E-state index in [9.17, 15) is 26.4 Å². The van der Waals surface area contributed by atoms with Crippen LogP contribution in [-0.2, 0) is 35.9 Å². The number of carbonyl (C=O) groups excluding carboxylic acids is 2. The number of unbranched alkanes of at least 4 members (excludes halogenated alkanes) is 1. The van der Waals surface area contributed by atoms with Gasteiger partial charge in [0.05, 0.1) is 42.3 Å². The van der Waals surface area contributed by atoms with E-state index in [0.717, 1.165) is 74.2 Å². The highest BCUT2D eigenvalue weighted by Crippen LogP contribution is 2.43. The van der Waals surface area contributed by atoms with Crippen LogP contribution in [0.3, 0.4) is 0 Å². The van der Waals surface area contributed by atoms with Crippen molar-refractivity contribution in [3.05, 3.63) is 86.9 Å². The van der Waals surface area contributed by atoms with E-state index in [1.54, 1.807) is 30.3 Å². The normalized spacial score (nSPS) is 21.6. The molecule has 19 nitrogen and oxygen atoms in total. The van der Waals surface area contributed by atoms with Gasteiger partial charge in [0.15, 0.2) is 0 Å². The average Bonchev–Trinajstić information content (AvgIpc) is 4.12. The number of likely N-dealkylation sites (tertiary alicyclic amines) is 3. The number of aryl methyl sites for hydroxylation is 3. The van der Waals surface area contributed by atoms with Crippen molar-refractivity contribution in [3.63, 3.8) is 0 Å². The zero-order chi connectivity index (χ0) is 53.7. The standard InChI is InChI=1S/C53H81ClN10O9S2/c1-37-10-8-12-49(74(55,67)68)50(37)40-15-22-62(34-40)24-28-71-26-19-58-52(65)56-17-6-7-18-57-53(66)59-20-27-72-29-25-63-23-16-42(35-63)60-75(69,70)44-13-14-48(39(3)31-44)73-51-46-32-41(54)30-38(2)45(46)33-47(51)64-21-9-11-43(36-64)61(4)5/h8,10,12-14,30-32,40,42-43,47,51,60H,6-7,9,11,15-29,33-36H2,1-5H3,(H2,55,67,68)(H2,56,58,65)(H2,57,59,66)/t40-,42+,43-,47+,51+/m1/s1. The molecular formula is C53H81ClN10O9S2. The van der Waals surface area contributed by atoms with Crippen molar-refractivity contribution < 1.29 is 40.6 Å². The fraction of sp³-hybridized carbons (Fsp3) is 0.623. The van der Waals surface area contributed by atoms with Gasteiger partial charge in [-0.15, -0.1) is 0 Å². The number of piperidine rings is 1. The minimum absolute atomic E-state index is 0.0908. The maximum absolute atomic E-state index is 13.7. The van der Waals surface area contributed by atoms with Crippen molar-refractivity contribution in [2.45, 2.75) is 106 Å². The van der Waals surface area contributed by atoms with Crippen molar-refractivity contribution in [1.82, 2.24) is 45.6 Å². The predicted molar refractivity (Wildman–Crippen MR) is 292 cm³/mol. The van der Waals surface area contributed by atoms with Gasteiger partial charge < -0.3 is 45.3 Å². The number of sulfonamides is 2. The second-order valence-corrected chi connectivity index (χ2v) is 24.5. The van der Waals surface area contributed by atoms with Gasteiger partial charge in [-0.3, -0.25) is 9.80 Å². The summed E-state index contributed by atoms with van der Waals surface area (Å²) >= 11 is 6.60. The summed E-state index contributed by atoms with van der Waals surface area (Å²) in [4.78, 5) is 34.2. The molecule has 4 aliphatic rings. The number of nitrogens with one attached hydrogen (secondary N) is 5. The van der Waals surface area contributed by atoms with E-state index in [4.69, 9.17) is 31.0 Å². The molecule has 0 aromatic heterocycles. The van der Waals surface area contributed by atoms with E-state index in [0.29, 0.717) is 108 Å². The smallest absolute Gasteiger partial charge is 0.314 e. The molecule has 0 bridgehead atoms. The summed E-state index contributed by atoms with van der Waals surface area (Å²) in [6.07, 6.45) is 5.86. The van der Waals surface area contributed by atoms with E-state index >= 15 is 0 Å². The van der Waals surface area contributed by atoms with Gasteiger partial charge >= 0.3 is 12.1 Å². The molecule has 5 atom stereocenters. The summed E-state index contributed by atoms with van der Waals surface area (Å²) in [7, 11) is -3.29. The van der Waals surface area contributed by atoms with Gasteiger partial charge in [-0.05, 0) is 175 Å². The molecule has 416 valence electrons. The summed E-state index contributed by atoms with van der Waals surface area (Å²) < 4.78 is 72.9. The number of carbonyl (C=O) groups is 2. The van der Waals surface area contributed by atoms with Crippen molar-refractivity contribution in [1.29, 1.82) is 0 Å². The van der Waals surface area contributed by atoms with Gasteiger partial charge in [0.2, 0.25) is 20.0 Å². The van der Waals surface area contributed by atoms with Gasteiger partial charge in [-0.25, -0.2) is 36.3 Å². The van der Waals surface area contributed by atoms with Crippen LogP contribution in [0, 0.1) is 20.8 Å². The van der Waals surface area contributed by atoms with Crippen molar-refractivity contribution in [2.24, 2.45) is 5.14 Å². The molecule has 0 saturated carbocycles. The number of nitrogens with zero attached hydrogens (tertiary/aromatic N) is 4. The molecule has 3 aliphatic heterocycles. The zero-order valence-corrected chi connectivity index (χ0v) is 46.9. The summed E-state index contributed by atoms with van der Waals surface area (Å²) in [6, 6.07) is 14.2. The number of primary sulfonamides is 1. The maximum Gasteiger partial charge on any atom is 0.314 e. The number of halogens is 1. The Morgan fingerprint density at radius 1 is 0.747 bits per heavy atom. The first-order valence-electron chi connectivity index (χ1n) is 26.6. The van der Waals surface area contributed by atoms with E-state index < -0.39 is 20.0 Å². The number of benzene rings is 3. The van der Waals surface area contributed by atoms with E-state index in [-0.39, 0.29) is 46.0 Å². The third kappa shape index (κ3) is 16.7. The van der Waals surface area contributed by atoms with Gasteiger partial charge in [0, 0.05) is 76.0 Å². The van der Waals surface area contributed by atoms with Crippen LogP contribution in [0.1, 0.15) is 83.9 Å².